The number of nitrogens with zero attached hydrogens (tertiary/aromatic N) is 1. The van der Waals surface area contributed by atoms with E-state index in [-0.39, 0.29) is 5.78 Å². The summed E-state index contributed by atoms with van der Waals surface area (Å²) in [6.45, 7) is 7.52. The van der Waals surface area contributed by atoms with Crippen LogP contribution in [0.25, 0.3) is 0 Å². The number of ketones is 1. The first-order valence-corrected chi connectivity index (χ1v) is 8.47. The lowest BCUT2D eigenvalue weighted by Crippen LogP contribution is -2.18. The minimum atomic E-state index is -1.27. The van der Waals surface area contributed by atoms with Gasteiger partial charge in [-0.3, -0.25) is 4.79 Å². The largest absolute Gasteiger partial charge is 0.340 e. The van der Waals surface area contributed by atoms with Gasteiger partial charge in [0, 0.05) is 11.8 Å². The maximum Gasteiger partial charge on any atom is 0.206 e. The van der Waals surface area contributed by atoms with E-state index in [1.54, 1.807) is 0 Å². The van der Waals surface area contributed by atoms with Crippen LogP contribution >= 0.6 is 0 Å². The van der Waals surface area contributed by atoms with Crippen LogP contribution in [-0.4, -0.2) is 18.4 Å². The van der Waals surface area contributed by atoms with Crippen LogP contribution in [0.4, 0.5) is 0 Å². The second kappa shape index (κ2) is 2.95. The third-order valence-corrected chi connectivity index (χ3v) is 3.52. The third-order valence-electron chi connectivity index (χ3n) is 2.30. The van der Waals surface area contributed by atoms with Gasteiger partial charge in [-0.2, -0.15) is 0 Å². The number of carbonyl (C=O) groups excluding carboxylic acids is 1. The molecule has 2 rings (SSSR count). The van der Waals surface area contributed by atoms with E-state index in [1.165, 1.54) is 0 Å². The van der Waals surface area contributed by atoms with E-state index < -0.39 is 8.07 Å². The molecule has 1 aromatic heterocycles. The zero-order chi connectivity index (χ0) is 10.3. The lowest BCUT2D eigenvalue weighted by Gasteiger charge is -2.10. The zero-order valence-corrected chi connectivity index (χ0v) is 9.87. The predicted molar refractivity (Wildman–Crippen MR) is 60.2 cm³/mol. The Labute approximate surface area is 85.3 Å². The van der Waals surface area contributed by atoms with Crippen molar-refractivity contribution in [2.75, 3.05) is 0 Å². The lowest BCUT2D eigenvalue weighted by molar-refractivity contribution is 0.103. The van der Waals surface area contributed by atoms with Gasteiger partial charge in [-0.05, 0) is 12.1 Å². The molecule has 0 aromatic carbocycles. The van der Waals surface area contributed by atoms with Crippen molar-refractivity contribution in [3.05, 3.63) is 35.3 Å². The molecule has 0 radical (unpaired) electrons. The highest BCUT2D eigenvalue weighted by atomic mass is 28.3. The number of allylic oxidation sites excluding steroid dienone is 1. The Morgan fingerprint density at radius 2 is 2.14 bits per heavy atom. The van der Waals surface area contributed by atoms with Gasteiger partial charge in [-0.15, -0.1) is 0 Å². The van der Waals surface area contributed by atoms with Crippen LogP contribution in [0, 0.1) is 0 Å². The quantitative estimate of drug-likeness (QED) is 0.510. The molecule has 0 unspecified atom stereocenters. The Balaban J connectivity index is 2.35. The standard InChI is InChI=1S/C11H15NOSi/c1-14(2,3)8-9-7-12-6-4-5-10(12)11(9)13/h4-6,8H,7H2,1-3H3/b9-8+. The smallest absolute Gasteiger partial charge is 0.206 e. The van der Waals surface area contributed by atoms with E-state index >= 15 is 0 Å². The second-order valence-electron chi connectivity index (χ2n) is 4.89. The molecule has 0 saturated heterocycles. The van der Waals surface area contributed by atoms with Crippen LogP contribution in [-0.2, 0) is 6.54 Å². The van der Waals surface area contributed by atoms with Gasteiger partial charge in [0.2, 0.25) is 5.78 Å². The van der Waals surface area contributed by atoms with Gasteiger partial charge in [0.25, 0.3) is 0 Å². The Morgan fingerprint density at radius 3 is 2.71 bits per heavy atom. The summed E-state index contributed by atoms with van der Waals surface area (Å²) in [5.41, 5.74) is 4.04. The van der Waals surface area contributed by atoms with Gasteiger partial charge in [0.1, 0.15) is 0 Å². The monoisotopic (exact) mass is 205 g/mol. The first kappa shape index (κ1) is 9.46. The fraction of sp³-hybridized carbons (Fsp3) is 0.364. The van der Waals surface area contributed by atoms with E-state index in [9.17, 15) is 4.79 Å². The highest BCUT2D eigenvalue weighted by Crippen LogP contribution is 2.22. The number of Topliss-reactive ketones (excluding diaryl/α,β-unsaturated/α-hetero) is 1. The van der Waals surface area contributed by atoms with Crippen LogP contribution in [0.1, 0.15) is 10.5 Å². The maximum absolute atomic E-state index is 11.9. The summed E-state index contributed by atoms with van der Waals surface area (Å²) in [6, 6.07) is 3.83. The number of aromatic nitrogens is 1. The van der Waals surface area contributed by atoms with Crippen molar-refractivity contribution < 1.29 is 4.79 Å². The number of fused-ring (bicyclic) bond motifs is 1. The molecule has 0 N–H and O–H groups in total. The van der Waals surface area contributed by atoms with Crippen molar-refractivity contribution >= 4 is 13.9 Å². The number of carbonyl (C=O) groups is 1. The van der Waals surface area contributed by atoms with E-state index in [4.69, 9.17) is 0 Å². The summed E-state index contributed by atoms with van der Waals surface area (Å²) in [5.74, 6) is 0.220. The van der Waals surface area contributed by atoms with Crippen molar-refractivity contribution in [1.29, 1.82) is 0 Å². The molecule has 2 heterocycles. The SMILES string of the molecule is C[Si](C)(C)/C=C1\Cn2cccc2C1=O. The summed E-state index contributed by atoms with van der Waals surface area (Å²) in [7, 11) is -1.27. The molecule has 74 valence electrons. The highest BCUT2D eigenvalue weighted by molar-refractivity contribution is 6.81. The molecule has 0 spiro atoms. The summed E-state index contributed by atoms with van der Waals surface area (Å²) < 4.78 is 2.02. The van der Waals surface area contributed by atoms with Gasteiger partial charge in [-0.25, -0.2) is 0 Å². The zero-order valence-electron chi connectivity index (χ0n) is 8.87. The van der Waals surface area contributed by atoms with Gasteiger partial charge >= 0.3 is 0 Å². The molecule has 0 atom stereocenters. The molecule has 0 saturated carbocycles. The molecular weight excluding hydrogens is 190 g/mol. The molecule has 0 aliphatic carbocycles. The van der Waals surface area contributed by atoms with Crippen LogP contribution in [0.2, 0.25) is 19.6 Å². The molecule has 2 nitrogen and oxygen atoms in total. The van der Waals surface area contributed by atoms with Gasteiger partial charge in [0.15, 0.2) is 0 Å². The normalized spacial score (nSPS) is 19.1. The minimum absolute atomic E-state index is 0.220. The highest BCUT2D eigenvalue weighted by Gasteiger charge is 2.25. The Kier molecular flexibility index (Phi) is 1.99. The molecule has 14 heavy (non-hydrogen) atoms. The van der Waals surface area contributed by atoms with E-state index in [0.29, 0.717) is 0 Å². The van der Waals surface area contributed by atoms with Crippen LogP contribution < -0.4 is 0 Å². The van der Waals surface area contributed by atoms with Gasteiger partial charge in [0.05, 0.1) is 20.3 Å². The molecular formula is C11H15NOSi. The maximum atomic E-state index is 11.9. The second-order valence-corrected chi connectivity index (χ2v) is 9.91. The van der Waals surface area contributed by atoms with Crippen LogP contribution in [0.15, 0.2) is 29.6 Å². The summed E-state index contributed by atoms with van der Waals surface area (Å²) in [5, 5.41) is 0. The third kappa shape index (κ3) is 1.59. The topological polar surface area (TPSA) is 22.0 Å². The first-order chi connectivity index (χ1) is 6.47. The molecule has 0 bridgehead atoms. The van der Waals surface area contributed by atoms with E-state index in [0.717, 1.165) is 17.8 Å². The van der Waals surface area contributed by atoms with Crippen molar-refractivity contribution in [1.82, 2.24) is 4.57 Å². The summed E-state index contributed by atoms with van der Waals surface area (Å²) in [6.07, 6.45) is 1.97. The number of rotatable bonds is 1. The van der Waals surface area contributed by atoms with Crippen LogP contribution in [0.5, 0.6) is 0 Å². The Hall–Kier alpha value is -1.09. The molecule has 3 heteroatoms. The molecule has 0 amide bonds. The van der Waals surface area contributed by atoms with Gasteiger partial charge < -0.3 is 4.57 Å². The predicted octanol–water partition coefficient (Wildman–Crippen LogP) is 2.49. The number of hydrogen-bond donors (Lipinski definition) is 0. The molecule has 1 aromatic rings. The average Bonchev–Trinajstić information content (AvgIpc) is 2.55. The van der Waals surface area contributed by atoms with Crippen molar-refractivity contribution in [3.63, 3.8) is 0 Å². The Bertz CT molecular complexity index is 409. The van der Waals surface area contributed by atoms with E-state index in [1.807, 2.05) is 22.9 Å². The molecule has 1 aliphatic heterocycles. The minimum Gasteiger partial charge on any atom is -0.340 e. The van der Waals surface area contributed by atoms with Crippen LogP contribution in [0.3, 0.4) is 0 Å². The molecule has 0 fully saturated rings. The average molecular weight is 205 g/mol. The summed E-state index contributed by atoms with van der Waals surface area (Å²) >= 11 is 0. The van der Waals surface area contributed by atoms with Gasteiger partial charge in [-0.1, -0.05) is 25.3 Å². The first-order valence-electron chi connectivity index (χ1n) is 4.89. The Morgan fingerprint density at radius 1 is 1.43 bits per heavy atom. The van der Waals surface area contributed by atoms with Crippen molar-refractivity contribution in [3.8, 4) is 0 Å². The van der Waals surface area contributed by atoms with E-state index in [2.05, 4.69) is 25.3 Å². The fourth-order valence-corrected chi connectivity index (χ4v) is 3.08. The van der Waals surface area contributed by atoms with Crippen molar-refractivity contribution in [2.24, 2.45) is 0 Å². The lowest BCUT2D eigenvalue weighted by atomic mass is 10.2. The fourth-order valence-electron chi connectivity index (χ4n) is 1.81. The number of hydrogen-bond acceptors (Lipinski definition) is 1. The van der Waals surface area contributed by atoms with Crippen molar-refractivity contribution in [2.45, 2.75) is 26.2 Å². The molecule has 1 aliphatic rings. The summed E-state index contributed by atoms with van der Waals surface area (Å²) in [4.78, 5) is 11.9.